The Morgan fingerprint density at radius 1 is 1.04 bits per heavy atom. The highest BCUT2D eigenvalue weighted by Gasteiger charge is 2.34. The number of hydrogen-bond acceptors (Lipinski definition) is 3. The molecule has 26 heavy (non-hydrogen) atoms. The molecule has 0 fully saturated rings. The van der Waals surface area contributed by atoms with E-state index in [2.05, 4.69) is 29.5 Å². The minimum absolute atomic E-state index is 0. The smallest absolute Gasteiger partial charge is 0.261 e. The van der Waals surface area contributed by atoms with Crippen LogP contribution in [0.15, 0.2) is 29.3 Å². The molecule has 2 rings (SSSR count). The first kappa shape index (κ1) is 22.4. The lowest BCUT2D eigenvalue weighted by Crippen LogP contribution is -2.43. The first-order chi connectivity index (χ1) is 12.1. The average molecular weight is 472 g/mol. The van der Waals surface area contributed by atoms with Gasteiger partial charge < -0.3 is 10.6 Å². The Kier molecular flexibility index (Phi) is 9.61. The van der Waals surface area contributed by atoms with Crippen molar-refractivity contribution in [1.82, 2.24) is 15.5 Å². The monoisotopic (exact) mass is 472 g/mol. The first-order valence-corrected chi connectivity index (χ1v) is 9.09. The molecule has 2 N–H and O–H groups in total. The van der Waals surface area contributed by atoms with Crippen LogP contribution < -0.4 is 10.6 Å². The molecule has 0 radical (unpaired) electrons. The van der Waals surface area contributed by atoms with Crippen LogP contribution in [0.5, 0.6) is 0 Å². The van der Waals surface area contributed by atoms with Crippen LogP contribution in [0.2, 0.25) is 0 Å². The molecule has 0 spiro atoms. The van der Waals surface area contributed by atoms with Gasteiger partial charge in [-0.3, -0.25) is 19.5 Å². The molecule has 0 atom stereocenters. The predicted octanol–water partition coefficient (Wildman–Crippen LogP) is 2.89. The topological polar surface area (TPSA) is 73.8 Å². The number of carbonyl (C=O) groups excluding carboxylic acids is 2. The minimum Gasteiger partial charge on any atom is -0.357 e. The van der Waals surface area contributed by atoms with Crippen molar-refractivity contribution < 1.29 is 9.59 Å². The van der Waals surface area contributed by atoms with Gasteiger partial charge in [0.15, 0.2) is 5.96 Å². The Morgan fingerprint density at radius 2 is 1.62 bits per heavy atom. The van der Waals surface area contributed by atoms with Crippen LogP contribution in [0.3, 0.4) is 0 Å². The third-order valence-corrected chi connectivity index (χ3v) is 4.51. The van der Waals surface area contributed by atoms with Gasteiger partial charge in [0.1, 0.15) is 0 Å². The summed E-state index contributed by atoms with van der Waals surface area (Å²) < 4.78 is 0. The van der Waals surface area contributed by atoms with Gasteiger partial charge in [0.25, 0.3) is 11.8 Å². The van der Waals surface area contributed by atoms with Gasteiger partial charge >= 0.3 is 0 Å². The maximum Gasteiger partial charge on any atom is 0.261 e. The molecule has 1 aromatic carbocycles. The molecule has 0 aliphatic carbocycles. The van der Waals surface area contributed by atoms with E-state index in [1.54, 1.807) is 24.3 Å². The number of carbonyl (C=O) groups is 2. The lowest BCUT2D eigenvalue weighted by Gasteiger charge is -2.17. The van der Waals surface area contributed by atoms with Crippen LogP contribution in [-0.2, 0) is 0 Å². The Balaban J connectivity index is 0.00000338. The zero-order chi connectivity index (χ0) is 18.2. The van der Waals surface area contributed by atoms with Gasteiger partial charge in [0.05, 0.1) is 11.1 Å². The van der Waals surface area contributed by atoms with Gasteiger partial charge in [0, 0.05) is 26.2 Å². The Bertz CT molecular complexity index is 609. The van der Waals surface area contributed by atoms with Gasteiger partial charge in [-0.05, 0) is 25.0 Å². The summed E-state index contributed by atoms with van der Waals surface area (Å²) in [5, 5.41) is 6.41. The summed E-state index contributed by atoms with van der Waals surface area (Å²) in [5.74, 6) is 0.862. The molecule has 0 saturated heterocycles. The van der Waals surface area contributed by atoms with E-state index < -0.39 is 0 Å². The van der Waals surface area contributed by atoms with Crippen molar-refractivity contribution >= 4 is 41.8 Å². The quantitative estimate of drug-likeness (QED) is 0.264. The second-order valence-corrected chi connectivity index (χ2v) is 6.14. The number of imide groups is 1. The largest absolute Gasteiger partial charge is 0.357 e. The van der Waals surface area contributed by atoms with Crippen molar-refractivity contribution in [3.63, 3.8) is 0 Å². The highest BCUT2D eigenvalue weighted by Crippen LogP contribution is 2.21. The van der Waals surface area contributed by atoms with Crippen molar-refractivity contribution in [1.29, 1.82) is 0 Å². The van der Waals surface area contributed by atoms with E-state index in [0.29, 0.717) is 30.1 Å². The van der Waals surface area contributed by atoms with Gasteiger partial charge in [-0.2, -0.15) is 0 Å². The zero-order valence-corrected chi connectivity index (χ0v) is 18.1. The van der Waals surface area contributed by atoms with Gasteiger partial charge in [0.2, 0.25) is 0 Å². The van der Waals surface area contributed by atoms with Crippen molar-refractivity contribution in [3.8, 4) is 0 Å². The number of nitrogens with zero attached hydrogens (tertiary/aromatic N) is 2. The minimum atomic E-state index is -0.221. The summed E-state index contributed by atoms with van der Waals surface area (Å²) in [6, 6.07) is 6.95. The van der Waals surface area contributed by atoms with Crippen LogP contribution in [0.1, 0.15) is 54.3 Å². The van der Waals surface area contributed by atoms with Crippen LogP contribution in [0, 0.1) is 5.92 Å². The average Bonchev–Trinajstić information content (AvgIpc) is 2.87. The molecular formula is C19H29IN4O2. The van der Waals surface area contributed by atoms with Crippen molar-refractivity contribution in [2.75, 3.05) is 26.2 Å². The molecular weight excluding hydrogens is 443 g/mol. The Labute approximate surface area is 172 Å². The number of nitrogens with one attached hydrogen (secondary N) is 2. The summed E-state index contributed by atoms with van der Waals surface area (Å²) in [4.78, 5) is 30.6. The number of halogens is 1. The van der Waals surface area contributed by atoms with E-state index in [9.17, 15) is 9.59 Å². The third kappa shape index (κ3) is 5.43. The van der Waals surface area contributed by atoms with Crippen molar-refractivity contribution in [3.05, 3.63) is 35.4 Å². The number of aliphatic imine (C=N–C) groups is 1. The maximum atomic E-state index is 12.3. The number of hydrogen-bond donors (Lipinski definition) is 2. The van der Waals surface area contributed by atoms with Crippen LogP contribution in [0.4, 0.5) is 0 Å². The zero-order valence-electron chi connectivity index (χ0n) is 15.7. The Morgan fingerprint density at radius 3 is 2.12 bits per heavy atom. The fourth-order valence-corrected chi connectivity index (χ4v) is 2.84. The number of rotatable bonds is 8. The lowest BCUT2D eigenvalue weighted by molar-refractivity contribution is 0.0657. The van der Waals surface area contributed by atoms with Crippen molar-refractivity contribution in [2.45, 2.75) is 33.6 Å². The second kappa shape index (κ2) is 11.2. The number of amides is 2. The molecule has 0 saturated carbocycles. The molecule has 7 heteroatoms. The molecule has 1 aromatic rings. The Hall–Kier alpha value is -1.64. The van der Waals surface area contributed by atoms with Crippen LogP contribution >= 0.6 is 24.0 Å². The fraction of sp³-hybridized carbons (Fsp3) is 0.526. The number of benzene rings is 1. The predicted molar refractivity (Wildman–Crippen MR) is 115 cm³/mol. The summed E-state index contributed by atoms with van der Waals surface area (Å²) in [6.45, 7) is 8.69. The van der Waals surface area contributed by atoms with Crippen LogP contribution in [0.25, 0.3) is 0 Å². The molecule has 1 heterocycles. The van der Waals surface area contributed by atoms with Crippen molar-refractivity contribution in [2.24, 2.45) is 10.9 Å². The summed E-state index contributed by atoms with van der Waals surface area (Å²) in [7, 11) is 0. The van der Waals surface area contributed by atoms with E-state index in [4.69, 9.17) is 0 Å². The molecule has 0 unspecified atom stereocenters. The third-order valence-electron chi connectivity index (χ3n) is 4.51. The van der Waals surface area contributed by atoms with Gasteiger partial charge in [-0.25, -0.2) is 0 Å². The number of fused-ring (bicyclic) bond motifs is 1. The molecule has 1 aliphatic heterocycles. The number of guanidine groups is 1. The SMILES string of the molecule is CCNC(=NCC(CC)CC)NCCN1C(=O)c2ccccc2C1=O.I. The van der Waals surface area contributed by atoms with E-state index in [0.717, 1.165) is 31.9 Å². The molecule has 144 valence electrons. The molecule has 0 bridgehead atoms. The maximum absolute atomic E-state index is 12.3. The van der Waals surface area contributed by atoms with E-state index in [-0.39, 0.29) is 35.8 Å². The molecule has 6 nitrogen and oxygen atoms in total. The second-order valence-electron chi connectivity index (χ2n) is 6.14. The van der Waals surface area contributed by atoms with Crippen LogP contribution in [-0.4, -0.2) is 48.9 Å². The van der Waals surface area contributed by atoms with E-state index in [1.807, 2.05) is 6.92 Å². The van der Waals surface area contributed by atoms with E-state index >= 15 is 0 Å². The van der Waals surface area contributed by atoms with E-state index in [1.165, 1.54) is 4.90 Å². The standard InChI is InChI=1S/C19H28N4O2.HI/c1-4-14(5-2)13-22-19(20-6-3)21-11-12-23-17(24)15-9-7-8-10-16(15)18(23)25;/h7-10,14H,4-6,11-13H2,1-3H3,(H2,20,21,22);1H. The highest BCUT2D eigenvalue weighted by molar-refractivity contribution is 14.0. The molecule has 0 aromatic heterocycles. The highest BCUT2D eigenvalue weighted by atomic mass is 127. The lowest BCUT2D eigenvalue weighted by atomic mass is 10.0. The first-order valence-electron chi connectivity index (χ1n) is 9.09. The molecule has 2 amide bonds. The molecule has 1 aliphatic rings. The normalized spacial score (nSPS) is 13.7. The summed E-state index contributed by atoms with van der Waals surface area (Å²) >= 11 is 0. The summed E-state index contributed by atoms with van der Waals surface area (Å²) in [5.41, 5.74) is 0.976. The van der Waals surface area contributed by atoms with Gasteiger partial charge in [-0.1, -0.05) is 38.8 Å². The fourth-order valence-electron chi connectivity index (χ4n) is 2.84. The van der Waals surface area contributed by atoms with Gasteiger partial charge in [-0.15, -0.1) is 24.0 Å². The summed E-state index contributed by atoms with van der Waals surface area (Å²) in [6.07, 6.45) is 2.21.